The quantitative estimate of drug-likeness (QED) is 0.561. The summed E-state index contributed by atoms with van der Waals surface area (Å²) < 4.78 is 28.1. The number of aromatic nitrogens is 3. The molecule has 0 saturated carbocycles. The second-order valence-electron chi connectivity index (χ2n) is 6.73. The van der Waals surface area contributed by atoms with Gasteiger partial charge < -0.3 is 9.88 Å². The number of nitrogens with zero attached hydrogens (tertiary/aromatic N) is 3. The summed E-state index contributed by atoms with van der Waals surface area (Å²) in [6.07, 6.45) is 5.14. The lowest BCUT2D eigenvalue weighted by Crippen LogP contribution is -2.29. The van der Waals surface area contributed by atoms with E-state index in [2.05, 4.69) is 10.3 Å². The summed E-state index contributed by atoms with van der Waals surface area (Å²) in [4.78, 5) is 16.8. The number of hydrogen-bond donors (Lipinski definition) is 1. The highest BCUT2D eigenvalue weighted by Crippen LogP contribution is 2.31. The van der Waals surface area contributed by atoms with Crippen LogP contribution in [-0.4, -0.2) is 40.6 Å². The van der Waals surface area contributed by atoms with E-state index in [4.69, 9.17) is 0 Å². The Morgan fingerprint density at radius 3 is 2.54 bits per heavy atom. The lowest BCUT2D eigenvalue weighted by molar-refractivity contribution is 0.0948. The minimum atomic E-state index is -3.68. The number of para-hydroxylation sites is 1. The first kappa shape index (κ1) is 18.2. The van der Waals surface area contributed by atoms with E-state index in [-0.39, 0.29) is 5.69 Å². The van der Waals surface area contributed by atoms with Gasteiger partial charge in [-0.25, -0.2) is 12.4 Å². The van der Waals surface area contributed by atoms with E-state index in [0.29, 0.717) is 24.0 Å². The predicted octanol–water partition coefficient (Wildman–Crippen LogP) is 2.31. The number of nitrogens with one attached hydrogen (secondary N) is 1. The van der Waals surface area contributed by atoms with E-state index >= 15 is 0 Å². The lowest BCUT2D eigenvalue weighted by Gasteiger charge is -2.09. The molecule has 4 aromatic rings. The Morgan fingerprint density at radius 2 is 1.82 bits per heavy atom. The van der Waals surface area contributed by atoms with Crippen LogP contribution in [0.25, 0.3) is 21.9 Å². The van der Waals surface area contributed by atoms with Crippen LogP contribution in [0, 0.1) is 0 Å². The van der Waals surface area contributed by atoms with Crippen LogP contribution in [0.4, 0.5) is 0 Å². The number of amides is 1. The molecule has 0 bridgehead atoms. The molecule has 0 unspecified atom stereocenters. The van der Waals surface area contributed by atoms with Gasteiger partial charge in [-0.1, -0.05) is 18.2 Å². The van der Waals surface area contributed by atoms with Gasteiger partial charge in [0.15, 0.2) is 0 Å². The molecule has 0 atom stereocenters. The molecule has 0 aliphatic carbocycles. The average Bonchev–Trinajstić information content (AvgIpc) is 3.20. The van der Waals surface area contributed by atoms with Crippen molar-refractivity contribution in [1.82, 2.24) is 18.8 Å². The standard InChI is InChI=1S/C20H20N4O3S/c1-23-16-6-4-3-5-15(16)19-17(23)13-18(24(19)28(2,26)27)20(25)22-12-9-14-7-10-21-11-8-14/h3-8,10-11,13H,9,12H2,1-2H3,(H,22,25). The number of aryl methyl sites for hydroxylation is 1. The van der Waals surface area contributed by atoms with Crippen LogP contribution < -0.4 is 5.32 Å². The second-order valence-corrected chi connectivity index (χ2v) is 8.56. The molecular formula is C20H20N4O3S. The van der Waals surface area contributed by atoms with Crippen molar-refractivity contribution in [3.05, 3.63) is 66.1 Å². The van der Waals surface area contributed by atoms with E-state index < -0.39 is 15.9 Å². The van der Waals surface area contributed by atoms with Crippen LogP contribution in [0.15, 0.2) is 54.9 Å². The topological polar surface area (TPSA) is 86.0 Å². The third-order valence-electron chi connectivity index (χ3n) is 4.83. The molecule has 0 aliphatic heterocycles. The van der Waals surface area contributed by atoms with Crippen LogP contribution in [-0.2, 0) is 23.5 Å². The molecule has 0 spiro atoms. The van der Waals surface area contributed by atoms with Crippen molar-refractivity contribution < 1.29 is 13.2 Å². The van der Waals surface area contributed by atoms with E-state index in [0.717, 1.165) is 26.7 Å². The zero-order valence-electron chi connectivity index (χ0n) is 15.6. The maximum atomic E-state index is 12.8. The first-order chi connectivity index (χ1) is 13.4. The van der Waals surface area contributed by atoms with Crippen molar-refractivity contribution in [3.8, 4) is 0 Å². The number of rotatable bonds is 5. The van der Waals surface area contributed by atoms with Crippen LogP contribution in [0.5, 0.6) is 0 Å². The lowest BCUT2D eigenvalue weighted by atomic mass is 10.2. The van der Waals surface area contributed by atoms with Crippen molar-refractivity contribution in [2.24, 2.45) is 7.05 Å². The average molecular weight is 396 g/mol. The molecule has 4 rings (SSSR count). The fourth-order valence-corrected chi connectivity index (χ4v) is 4.56. The SMILES string of the molecule is Cn1c2ccccc2c2c1cc(C(=O)NCCc1ccncc1)n2S(C)(=O)=O. The van der Waals surface area contributed by atoms with Gasteiger partial charge in [0.1, 0.15) is 5.69 Å². The fourth-order valence-electron chi connectivity index (χ4n) is 3.54. The third kappa shape index (κ3) is 3.05. The Morgan fingerprint density at radius 1 is 1.11 bits per heavy atom. The van der Waals surface area contributed by atoms with Gasteiger partial charge in [-0.15, -0.1) is 0 Å². The first-order valence-corrected chi connectivity index (χ1v) is 10.7. The Labute approximate surface area is 162 Å². The van der Waals surface area contributed by atoms with Crippen LogP contribution in [0.1, 0.15) is 16.1 Å². The van der Waals surface area contributed by atoms with Crippen LogP contribution in [0.2, 0.25) is 0 Å². The number of carbonyl (C=O) groups excluding carboxylic acids is 1. The minimum absolute atomic E-state index is 0.114. The summed E-state index contributed by atoms with van der Waals surface area (Å²) in [7, 11) is -1.82. The molecule has 1 aromatic carbocycles. The van der Waals surface area contributed by atoms with Gasteiger partial charge >= 0.3 is 0 Å². The molecule has 0 fully saturated rings. The van der Waals surface area contributed by atoms with Gasteiger partial charge in [0.2, 0.25) is 10.0 Å². The normalized spacial score (nSPS) is 11.9. The highest BCUT2D eigenvalue weighted by atomic mass is 32.2. The minimum Gasteiger partial charge on any atom is -0.350 e. The van der Waals surface area contributed by atoms with E-state index in [1.807, 2.05) is 48.0 Å². The van der Waals surface area contributed by atoms with Gasteiger partial charge in [0.25, 0.3) is 5.91 Å². The van der Waals surface area contributed by atoms with Crippen molar-refractivity contribution in [1.29, 1.82) is 0 Å². The summed E-state index contributed by atoms with van der Waals surface area (Å²) in [6.45, 7) is 0.398. The smallest absolute Gasteiger partial charge is 0.269 e. The number of hydrogen-bond acceptors (Lipinski definition) is 4. The van der Waals surface area contributed by atoms with Gasteiger partial charge in [-0.3, -0.25) is 9.78 Å². The maximum Gasteiger partial charge on any atom is 0.269 e. The molecule has 1 N–H and O–H groups in total. The van der Waals surface area contributed by atoms with Gasteiger partial charge in [-0.2, -0.15) is 0 Å². The molecule has 144 valence electrons. The summed E-state index contributed by atoms with van der Waals surface area (Å²) in [5, 5.41) is 3.62. The fraction of sp³-hybridized carbons (Fsp3) is 0.200. The molecule has 0 aliphatic rings. The highest BCUT2D eigenvalue weighted by molar-refractivity contribution is 7.89. The molecule has 0 radical (unpaired) electrons. The van der Waals surface area contributed by atoms with Crippen LogP contribution in [0.3, 0.4) is 0 Å². The molecule has 3 heterocycles. The first-order valence-electron chi connectivity index (χ1n) is 8.84. The molecule has 7 nitrogen and oxygen atoms in total. The van der Waals surface area contributed by atoms with Crippen molar-refractivity contribution in [3.63, 3.8) is 0 Å². The Kier molecular flexibility index (Phi) is 4.43. The number of benzene rings is 1. The summed E-state index contributed by atoms with van der Waals surface area (Å²) >= 11 is 0. The van der Waals surface area contributed by atoms with Crippen LogP contribution >= 0.6 is 0 Å². The predicted molar refractivity (Wildman–Crippen MR) is 109 cm³/mol. The van der Waals surface area contributed by atoms with Gasteiger partial charge in [-0.05, 0) is 36.2 Å². The summed E-state index contributed by atoms with van der Waals surface area (Å²) in [6, 6.07) is 12.9. The van der Waals surface area contributed by atoms with Gasteiger partial charge in [0.05, 0.1) is 22.8 Å². The van der Waals surface area contributed by atoms with Crippen molar-refractivity contribution in [2.75, 3.05) is 12.8 Å². The molecule has 1 amide bonds. The molecule has 8 heteroatoms. The number of fused-ring (bicyclic) bond motifs is 3. The number of carbonyl (C=O) groups is 1. The zero-order valence-corrected chi connectivity index (χ0v) is 16.4. The second kappa shape index (κ2) is 6.79. The monoisotopic (exact) mass is 396 g/mol. The maximum absolute atomic E-state index is 12.8. The summed E-state index contributed by atoms with van der Waals surface area (Å²) in [5.41, 5.74) is 3.30. The third-order valence-corrected chi connectivity index (χ3v) is 5.88. The van der Waals surface area contributed by atoms with Gasteiger partial charge in [0, 0.05) is 31.4 Å². The zero-order chi connectivity index (χ0) is 19.9. The molecule has 28 heavy (non-hydrogen) atoms. The molecule has 0 saturated heterocycles. The number of pyridine rings is 1. The van der Waals surface area contributed by atoms with E-state index in [1.54, 1.807) is 18.5 Å². The van der Waals surface area contributed by atoms with Crippen molar-refractivity contribution >= 4 is 37.9 Å². The molecular weight excluding hydrogens is 376 g/mol. The summed E-state index contributed by atoms with van der Waals surface area (Å²) in [5.74, 6) is -0.417. The Hall–Kier alpha value is -3.13. The molecule has 3 aromatic heterocycles. The van der Waals surface area contributed by atoms with Crippen molar-refractivity contribution in [2.45, 2.75) is 6.42 Å². The largest absolute Gasteiger partial charge is 0.350 e. The van der Waals surface area contributed by atoms with E-state index in [9.17, 15) is 13.2 Å². The van der Waals surface area contributed by atoms with E-state index in [1.165, 1.54) is 0 Å². The Balaban J connectivity index is 1.74. The highest BCUT2D eigenvalue weighted by Gasteiger charge is 2.25. The Bertz CT molecular complexity index is 1290.